The molecule has 0 saturated heterocycles. The van der Waals surface area contributed by atoms with Crippen LogP contribution in [-0.4, -0.2) is 20.8 Å². The van der Waals surface area contributed by atoms with Gasteiger partial charge in [-0.3, -0.25) is 4.68 Å². The van der Waals surface area contributed by atoms with E-state index in [1.165, 1.54) is 0 Å². The normalized spacial score (nSPS) is 13.5. The van der Waals surface area contributed by atoms with E-state index in [4.69, 9.17) is 10.9 Å². The molecule has 2 rings (SSSR count). The van der Waals surface area contributed by atoms with Gasteiger partial charge in [-0.1, -0.05) is 35.5 Å². The molecule has 0 aliphatic heterocycles. The van der Waals surface area contributed by atoms with Crippen molar-refractivity contribution in [3.63, 3.8) is 0 Å². The SMILES string of the molecule is Cc1cnn(CC(C(N)=NO)c2ccccc2)c1. The first-order valence-electron chi connectivity index (χ1n) is 5.72. The fourth-order valence-corrected chi connectivity index (χ4v) is 1.88. The van der Waals surface area contributed by atoms with Crippen molar-refractivity contribution in [3.8, 4) is 0 Å². The number of nitrogens with zero attached hydrogens (tertiary/aromatic N) is 3. The molecule has 0 bridgehead atoms. The van der Waals surface area contributed by atoms with Crippen molar-refractivity contribution in [1.82, 2.24) is 9.78 Å². The van der Waals surface area contributed by atoms with Gasteiger partial charge in [0, 0.05) is 6.20 Å². The monoisotopic (exact) mass is 244 g/mol. The first-order chi connectivity index (χ1) is 8.70. The molecule has 0 spiro atoms. The summed E-state index contributed by atoms with van der Waals surface area (Å²) in [6.07, 6.45) is 3.72. The molecule has 0 saturated carbocycles. The molecule has 1 aromatic carbocycles. The van der Waals surface area contributed by atoms with E-state index >= 15 is 0 Å². The van der Waals surface area contributed by atoms with Crippen LogP contribution in [0.15, 0.2) is 47.9 Å². The Kier molecular flexibility index (Phi) is 3.62. The molecule has 2 aromatic rings. The third kappa shape index (κ3) is 2.68. The van der Waals surface area contributed by atoms with Crippen molar-refractivity contribution >= 4 is 5.84 Å². The van der Waals surface area contributed by atoms with Crippen molar-refractivity contribution in [2.45, 2.75) is 19.4 Å². The summed E-state index contributed by atoms with van der Waals surface area (Å²) in [6, 6.07) is 9.71. The highest BCUT2D eigenvalue weighted by molar-refractivity contribution is 5.86. The maximum atomic E-state index is 8.88. The molecule has 5 nitrogen and oxygen atoms in total. The average molecular weight is 244 g/mol. The van der Waals surface area contributed by atoms with Crippen LogP contribution >= 0.6 is 0 Å². The predicted octanol–water partition coefficient (Wildman–Crippen LogP) is 1.72. The lowest BCUT2D eigenvalue weighted by Crippen LogP contribution is -2.26. The van der Waals surface area contributed by atoms with Gasteiger partial charge in [-0.05, 0) is 18.1 Å². The Morgan fingerprint density at radius 2 is 2.17 bits per heavy atom. The van der Waals surface area contributed by atoms with Crippen LogP contribution in [0, 0.1) is 6.92 Å². The Morgan fingerprint density at radius 1 is 1.44 bits per heavy atom. The van der Waals surface area contributed by atoms with Gasteiger partial charge in [0.2, 0.25) is 0 Å². The summed E-state index contributed by atoms with van der Waals surface area (Å²) in [7, 11) is 0. The minimum absolute atomic E-state index is 0.185. The van der Waals surface area contributed by atoms with Gasteiger partial charge in [-0.2, -0.15) is 5.10 Å². The zero-order valence-corrected chi connectivity index (χ0v) is 10.2. The highest BCUT2D eigenvalue weighted by atomic mass is 16.4. The summed E-state index contributed by atoms with van der Waals surface area (Å²) < 4.78 is 1.80. The molecule has 0 aliphatic carbocycles. The molecule has 1 aromatic heterocycles. The largest absolute Gasteiger partial charge is 0.409 e. The van der Waals surface area contributed by atoms with Crippen molar-refractivity contribution in [2.24, 2.45) is 10.9 Å². The maximum absolute atomic E-state index is 8.88. The topological polar surface area (TPSA) is 76.4 Å². The van der Waals surface area contributed by atoms with Crippen LogP contribution in [0.5, 0.6) is 0 Å². The molecule has 5 heteroatoms. The molecule has 0 aliphatic rings. The van der Waals surface area contributed by atoms with Crippen LogP contribution in [0.4, 0.5) is 0 Å². The van der Waals surface area contributed by atoms with E-state index in [9.17, 15) is 0 Å². The number of hydrogen-bond donors (Lipinski definition) is 2. The third-order valence-electron chi connectivity index (χ3n) is 2.81. The number of nitrogens with two attached hydrogens (primary N) is 1. The van der Waals surface area contributed by atoms with Gasteiger partial charge in [-0.15, -0.1) is 0 Å². The number of aryl methyl sites for hydroxylation is 1. The molecular formula is C13H16N4O. The van der Waals surface area contributed by atoms with E-state index in [0.29, 0.717) is 6.54 Å². The lowest BCUT2D eigenvalue weighted by Gasteiger charge is -2.15. The zero-order chi connectivity index (χ0) is 13.0. The van der Waals surface area contributed by atoms with E-state index in [0.717, 1.165) is 11.1 Å². The fourth-order valence-electron chi connectivity index (χ4n) is 1.88. The minimum Gasteiger partial charge on any atom is -0.409 e. The second-order valence-electron chi connectivity index (χ2n) is 4.23. The number of amidine groups is 1. The van der Waals surface area contributed by atoms with E-state index in [1.807, 2.05) is 43.5 Å². The second kappa shape index (κ2) is 5.35. The highest BCUT2D eigenvalue weighted by Crippen LogP contribution is 2.18. The van der Waals surface area contributed by atoms with Crippen LogP contribution in [0.3, 0.4) is 0 Å². The summed E-state index contributed by atoms with van der Waals surface area (Å²) in [5, 5.41) is 16.2. The Balaban J connectivity index is 2.27. The van der Waals surface area contributed by atoms with Crippen LogP contribution in [-0.2, 0) is 6.54 Å². The molecule has 18 heavy (non-hydrogen) atoms. The van der Waals surface area contributed by atoms with E-state index in [1.54, 1.807) is 10.9 Å². The summed E-state index contributed by atoms with van der Waals surface area (Å²) in [5.74, 6) is 0.00449. The smallest absolute Gasteiger partial charge is 0.148 e. The standard InChI is InChI=1S/C13H16N4O/c1-10-7-15-17(8-10)9-12(13(14)16-18)11-5-3-2-4-6-11/h2-8,12,18H,9H2,1H3,(H2,14,16). The van der Waals surface area contributed by atoms with Gasteiger partial charge in [0.15, 0.2) is 0 Å². The molecule has 94 valence electrons. The van der Waals surface area contributed by atoms with E-state index in [2.05, 4.69) is 10.3 Å². The number of rotatable bonds is 4. The minimum atomic E-state index is -0.185. The van der Waals surface area contributed by atoms with Gasteiger partial charge < -0.3 is 10.9 Å². The Labute approximate surface area is 106 Å². The van der Waals surface area contributed by atoms with Crippen molar-refractivity contribution in [2.75, 3.05) is 0 Å². The van der Waals surface area contributed by atoms with Gasteiger partial charge in [0.05, 0.1) is 18.7 Å². The van der Waals surface area contributed by atoms with Gasteiger partial charge in [0.25, 0.3) is 0 Å². The highest BCUT2D eigenvalue weighted by Gasteiger charge is 2.17. The maximum Gasteiger partial charge on any atom is 0.148 e. The summed E-state index contributed by atoms with van der Waals surface area (Å²) >= 11 is 0. The molecule has 0 fully saturated rings. The first kappa shape index (κ1) is 12.2. The summed E-state index contributed by atoms with van der Waals surface area (Å²) in [4.78, 5) is 0. The van der Waals surface area contributed by atoms with E-state index in [-0.39, 0.29) is 11.8 Å². The van der Waals surface area contributed by atoms with Crippen LogP contribution in [0.25, 0.3) is 0 Å². The molecule has 3 N–H and O–H groups in total. The van der Waals surface area contributed by atoms with Gasteiger partial charge in [-0.25, -0.2) is 0 Å². The quantitative estimate of drug-likeness (QED) is 0.372. The van der Waals surface area contributed by atoms with Crippen molar-refractivity contribution in [3.05, 3.63) is 53.9 Å². The zero-order valence-electron chi connectivity index (χ0n) is 10.2. The van der Waals surface area contributed by atoms with Crippen LogP contribution in [0.1, 0.15) is 17.0 Å². The van der Waals surface area contributed by atoms with Gasteiger partial charge >= 0.3 is 0 Å². The van der Waals surface area contributed by atoms with Crippen molar-refractivity contribution in [1.29, 1.82) is 0 Å². The molecule has 1 unspecified atom stereocenters. The molecule has 1 atom stereocenters. The fraction of sp³-hybridized carbons (Fsp3) is 0.231. The lowest BCUT2D eigenvalue weighted by molar-refractivity contribution is 0.315. The molecule has 0 amide bonds. The molecule has 1 heterocycles. The Bertz CT molecular complexity index is 533. The summed E-state index contributed by atoms with van der Waals surface area (Å²) in [5.41, 5.74) is 7.85. The number of hydrogen-bond acceptors (Lipinski definition) is 3. The molecule has 0 radical (unpaired) electrons. The third-order valence-corrected chi connectivity index (χ3v) is 2.81. The average Bonchev–Trinajstić information content (AvgIpc) is 2.82. The first-order valence-corrected chi connectivity index (χ1v) is 5.72. The number of aromatic nitrogens is 2. The van der Waals surface area contributed by atoms with Crippen LogP contribution < -0.4 is 5.73 Å². The lowest BCUT2D eigenvalue weighted by atomic mass is 9.98. The Morgan fingerprint density at radius 3 is 2.72 bits per heavy atom. The van der Waals surface area contributed by atoms with Crippen LogP contribution in [0.2, 0.25) is 0 Å². The summed E-state index contributed by atoms with van der Waals surface area (Å²) in [6.45, 7) is 2.53. The molecular weight excluding hydrogens is 228 g/mol. The Hall–Kier alpha value is -2.30. The number of oxime groups is 1. The van der Waals surface area contributed by atoms with Gasteiger partial charge in [0.1, 0.15) is 5.84 Å². The second-order valence-corrected chi connectivity index (χ2v) is 4.23. The van der Waals surface area contributed by atoms with E-state index < -0.39 is 0 Å². The number of benzene rings is 1. The predicted molar refractivity (Wildman–Crippen MR) is 69.6 cm³/mol. The van der Waals surface area contributed by atoms with Crippen molar-refractivity contribution < 1.29 is 5.21 Å².